The maximum absolute atomic E-state index is 6.06. The summed E-state index contributed by atoms with van der Waals surface area (Å²) in [5.41, 5.74) is 1.68. The zero-order valence-electron chi connectivity index (χ0n) is 11.2. The van der Waals surface area contributed by atoms with Gasteiger partial charge in [0.1, 0.15) is 30.0 Å². The fourth-order valence-corrected chi connectivity index (χ4v) is 2.19. The molecule has 3 rings (SSSR count). The number of hydrogen-bond acceptors (Lipinski definition) is 5. The summed E-state index contributed by atoms with van der Waals surface area (Å²) in [6.07, 6.45) is 0. The van der Waals surface area contributed by atoms with Crippen molar-refractivity contribution in [2.45, 2.75) is 13.8 Å². The first-order valence-corrected chi connectivity index (χ1v) is 6.69. The number of hydrogen-bond donors (Lipinski definition) is 1. The molecule has 0 bridgehead atoms. The van der Waals surface area contributed by atoms with E-state index in [1.807, 2.05) is 25.1 Å². The van der Waals surface area contributed by atoms with Crippen LogP contribution in [0.2, 0.25) is 5.15 Å². The lowest BCUT2D eigenvalue weighted by molar-refractivity contribution is 0.171. The molecular formula is C14H14ClN3O2. The Morgan fingerprint density at radius 1 is 1.10 bits per heavy atom. The third kappa shape index (κ3) is 2.49. The standard InChI is InChI=1S/C14H14ClN3O2/c1-8-13(15)16-9(2)17-14(8)18-10-3-4-11-12(7-10)20-6-5-19-11/h3-4,7H,5-6H2,1-2H3,(H,16,17,18). The summed E-state index contributed by atoms with van der Waals surface area (Å²) >= 11 is 6.06. The van der Waals surface area contributed by atoms with Crippen LogP contribution in [-0.4, -0.2) is 23.2 Å². The van der Waals surface area contributed by atoms with Gasteiger partial charge >= 0.3 is 0 Å². The van der Waals surface area contributed by atoms with Gasteiger partial charge < -0.3 is 14.8 Å². The number of ether oxygens (including phenoxy) is 2. The van der Waals surface area contributed by atoms with Gasteiger partial charge in [-0.25, -0.2) is 9.97 Å². The molecule has 1 N–H and O–H groups in total. The van der Waals surface area contributed by atoms with Gasteiger partial charge in [0, 0.05) is 17.3 Å². The minimum Gasteiger partial charge on any atom is -0.486 e. The van der Waals surface area contributed by atoms with Crippen molar-refractivity contribution >= 4 is 23.1 Å². The summed E-state index contributed by atoms with van der Waals surface area (Å²) in [5, 5.41) is 3.69. The Morgan fingerprint density at radius 2 is 1.85 bits per heavy atom. The van der Waals surface area contributed by atoms with E-state index in [1.54, 1.807) is 6.92 Å². The van der Waals surface area contributed by atoms with Crippen LogP contribution in [0.15, 0.2) is 18.2 Å². The predicted molar refractivity (Wildman–Crippen MR) is 77.2 cm³/mol. The van der Waals surface area contributed by atoms with Gasteiger partial charge in [-0.15, -0.1) is 0 Å². The normalized spacial score (nSPS) is 13.2. The molecule has 0 fully saturated rings. The Hall–Kier alpha value is -2.01. The second-order valence-corrected chi connectivity index (χ2v) is 4.88. The van der Waals surface area contributed by atoms with Crippen LogP contribution >= 0.6 is 11.6 Å². The van der Waals surface area contributed by atoms with Crippen molar-refractivity contribution in [3.05, 3.63) is 34.7 Å². The Kier molecular flexibility index (Phi) is 3.36. The van der Waals surface area contributed by atoms with E-state index in [1.165, 1.54) is 0 Å². The van der Waals surface area contributed by atoms with Crippen molar-refractivity contribution < 1.29 is 9.47 Å². The molecule has 0 unspecified atom stereocenters. The van der Waals surface area contributed by atoms with Crippen LogP contribution in [0.1, 0.15) is 11.4 Å². The Bertz CT molecular complexity index is 661. The van der Waals surface area contributed by atoms with Crippen molar-refractivity contribution in [3.63, 3.8) is 0 Å². The smallest absolute Gasteiger partial charge is 0.163 e. The molecule has 2 aromatic rings. The Balaban J connectivity index is 1.91. The second-order valence-electron chi connectivity index (χ2n) is 4.52. The van der Waals surface area contributed by atoms with Gasteiger partial charge in [0.25, 0.3) is 0 Å². The molecule has 0 saturated heterocycles. The van der Waals surface area contributed by atoms with Gasteiger partial charge in [-0.05, 0) is 26.0 Å². The minimum atomic E-state index is 0.456. The molecule has 1 aromatic carbocycles. The highest BCUT2D eigenvalue weighted by atomic mass is 35.5. The number of anilines is 2. The number of nitrogens with one attached hydrogen (secondary N) is 1. The average molecular weight is 292 g/mol. The molecule has 1 aromatic heterocycles. The molecule has 0 amide bonds. The molecule has 5 nitrogen and oxygen atoms in total. The Labute approximate surface area is 121 Å². The number of halogens is 1. The van der Waals surface area contributed by atoms with E-state index < -0.39 is 0 Å². The number of fused-ring (bicyclic) bond motifs is 1. The predicted octanol–water partition coefficient (Wildman–Crippen LogP) is 3.26. The molecule has 0 atom stereocenters. The number of aromatic nitrogens is 2. The van der Waals surface area contributed by atoms with Crippen LogP contribution in [0, 0.1) is 13.8 Å². The number of rotatable bonds is 2. The highest BCUT2D eigenvalue weighted by Crippen LogP contribution is 2.34. The number of nitrogens with zero attached hydrogens (tertiary/aromatic N) is 2. The van der Waals surface area contributed by atoms with Crippen molar-refractivity contribution in [1.29, 1.82) is 0 Å². The highest BCUT2D eigenvalue weighted by molar-refractivity contribution is 6.30. The molecule has 104 valence electrons. The molecule has 0 aliphatic carbocycles. The topological polar surface area (TPSA) is 56.3 Å². The maximum Gasteiger partial charge on any atom is 0.163 e. The lowest BCUT2D eigenvalue weighted by Gasteiger charge is -2.19. The second kappa shape index (κ2) is 5.17. The van der Waals surface area contributed by atoms with Gasteiger partial charge in [0.2, 0.25) is 0 Å². The summed E-state index contributed by atoms with van der Waals surface area (Å²) < 4.78 is 11.0. The summed E-state index contributed by atoms with van der Waals surface area (Å²) in [7, 11) is 0. The largest absolute Gasteiger partial charge is 0.486 e. The monoisotopic (exact) mass is 291 g/mol. The van der Waals surface area contributed by atoms with Crippen molar-refractivity contribution in [2.75, 3.05) is 18.5 Å². The zero-order chi connectivity index (χ0) is 14.1. The van der Waals surface area contributed by atoms with E-state index in [0.29, 0.717) is 30.0 Å². The minimum absolute atomic E-state index is 0.456. The van der Waals surface area contributed by atoms with Gasteiger partial charge in [0.05, 0.1) is 0 Å². The lowest BCUT2D eigenvalue weighted by atomic mass is 10.2. The average Bonchev–Trinajstić information content (AvgIpc) is 2.44. The third-order valence-corrected chi connectivity index (χ3v) is 3.37. The SMILES string of the molecule is Cc1nc(Cl)c(C)c(Nc2ccc3c(c2)OCCO3)n1. The first kappa shape index (κ1) is 13.0. The molecule has 1 aliphatic heterocycles. The molecule has 20 heavy (non-hydrogen) atoms. The van der Waals surface area contributed by atoms with E-state index in [-0.39, 0.29) is 0 Å². The molecule has 0 spiro atoms. The van der Waals surface area contributed by atoms with Crippen LogP contribution in [0.25, 0.3) is 0 Å². The van der Waals surface area contributed by atoms with Crippen LogP contribution in [0.3, 0.4) is 0 Å². The fourth-order valence-electron chi connectivity index (χ4n) is 1.97. The maximum atomic E-state index is 6.06. The van der Waals surface area contributed by atoms with Crippen LogP contribution in [0.4, 0.5) is 11.5 Å². The van der Waals surface area contributed by atoms with E-state index in [4.69, 9.17) is 21.1 Å². The molecule has 0 radical (unpaired) electrons. The van der Waals surface area contributed by atoms with Gasteiger partial charge in [-0.3, -0.25) is 0 Å². The van der Waals surface area contributed by atoms with Crippen LogP contribution in [0.5, 0.6) is 11.5 Å². The summed E-state index contributed by atoms with van der Waals surface area (Å²) in [6.45, 7) is 4.83. The summed E-state index contributed by atoms with van der Waals surface area (Å²) in [4.78, 5) is 8.48. The molecule has 0 saturated carbocycles. The van der Waals surface area contributed by atoms with Crippen LogP contribution < -0.4 is 14.8 Å². The van der Waals surface area contributed by atoms with E-state index in [2.05, 4.69) is 15.3 Å². The first-order valence-electron chi connectivity index (χ1n) is 6.31. The summed E-state index contributed by atoms with van der Waals surface area (Å²) in [6, 6.07) is 5.68. The van der Waals surface area contributed by atoms with E-state index in [9.17, 15) is 0 Å². The van der Waals surface area contributed by atoms with E-state index in [0.717, 1.165) is 22.7 Å². The van der Waals surface area contributed by atoms with E-state index >= 15 is 0 Å². The van der Waals surface area contributed by atoms with Crippen LogP contribution in [-0.2, 0) is 0 Å². The van der Waals surface area contributed by atoms with Crippen molar-refractivity contribution in [3.8, 4) is 11.5 Å². The molecule has 1 aliphatic rings. The third-order valence-electron chi connectivity index (χ3n) is 3.00. The Morgan fingerprint density at radius 3 is 2.65 bits per heavy atom. The van der Waals surface area contributed by atoms with Crippen molar-refractivity contribution in [2.24, 2.45) is 0 Å². The highest BCUT2D eigenvalue weighted by Gasteiger charge is 2.13. The fraction of sp³-hybridized carbons (Fsp3) is 0.286. The lowest BCUT2D eigenvalue weighted by Crippen LogP contribution is -2.15. The van der Waals surface area contributed by atoms with Crippen molar-refractivity contribution in [1.82, 2.24) is 9.97 Å². The molecular weight excluding hydrogens is 278 g/mol. The summed E-state index contributed by atoms with van der Waals surface area (Å²) in [5.74, 6) is 2.81. The quantitative estimate of drug-likeness (QED) is 0.861. The van der Waals surface area contributed by atoms with Gasteiger partial charge in [0.15, 0.2) is 11.5 Å². The molecule has 6 heteroatoms. The molecule has 2 heterocycles. The number of benzene rings is 1. The van der Waals surface area contributed by atoms with Gasteiger partial charge in [-0.2, -0.15) is 0 Å². The first-order chi connectivity index (χ1) is 9.63. The number of aryl methyl sites for hydroxylation is 1. The van der Waals surface area contributed by atoms with Gasteiger partial charge in [-0.1, -0.05) is 11.6 Å². The zero-order valence-corrected chi connectivity index (χ0v) is 12.0.